The Morgan fingerprint density at radius 2 is 1.68 bits per heavy atom. The fraction of sp³-hybridized carbons (Fsp3) is 0.118. The monoisotopic (exact) mass is 314 g/mol. The van der Waals surface area contributed by atoms with E-state index in [1.807, 2.05) is 43.3 Å². The zero-order valence-corrected chi connectivity index (χ0v) is 13.0. The van der Waals surface area contributed by atoms with Gasteiger partial charge in [0.25, 0.3) is 0 Å². The van der Waals surface area contributed by atoms with Gasteiger partial charge < -0.3 is 9.30 Å². The van der Waals surface area contributed by atoms with Crippen LogP contribution in [-0.2, 0) is 7.05 Å². The second-order valence-electron chi connectivity index (χ2n) is 5.07. The SMILES string of the molecule is Cc1ccc(Oc2ccc(-n3ccn(C)c3=O)cc2)cc1Cl. The number of halogens is 1. The molecule has 0 aliphatic carbocycles. The highest BCUT2D eigenvalue weighted by atomic mass is 35.5. The number of aryl methyl sites for hydroxylation is 2. The molecule has 1 heterocycles. The van der Waals surface area contributed by atoms with E-state index in [9.17, 15) is 4.79 Å². The third-order valence-electron chi connectivity index (χ3n) is 3.44. The highest BCUT2D eigenvalue weighted by Crippen LogP contribution is 2.26. The maximum Gasteiger partial charge on any atom is 0.332 e. The molecule has 0 spiro atoms. The predicted octanol–water partition coefficient (Wildman–Crippen LogP) is 3.93. The van der Waals surface area contributed by atoms with Gasteiger partial charge in [0.15, 0.2) is 0 Å². The standard InChI is InChI=1S/C17H15ClN2O2/c1-12-3-6-15(11-16(12)18)22-14-7-4-13(5-8-14)20-10-9-19(2)17(20)21/h3-11H,1-2H3. The van der Waals surface area contributed by atoms with E-state index in [0.717, 1.165) is 11.3 Å². The van der Waals surface area contributed by atoms with Crippen molar-refractivity contribution >= 4 is 11.6 Å². The number of rotatable bonds is 3. The lowest BCUT2D eigenvalue weighted by atomic mass is 10.2. The van der Waals surface area contributed by atoms with Crippen LogP contribution in [0, 0.1) is 6.92 Å². The number of aromatic nitrogens is 2. The molecule has 0 atom stereocenters. The van der Waals surface area contributed by atoms with E-state index < -0.39 is 0 Å². The summed E-state index contributed by atoms with van der Waals surface area (Å²) in [6.45, 7) is 1.94. The first kappa shape index (κ1) is 14.5. The molecule has 22 heavy (non-hydrogen) atoms. The quantitative estimate of drug-likeness (QED) is 0.734. The Morgan fingerprint density at radius 3 is 2.27 bits per heavy atom. The molecule has 3 rings (SSSR count). The normalized spacial score (nSPS) is 10.7. The summed E-state index contributed by atoms with van der Waals surface area (Å²) in [4.78, 5) is 11.9. The summed E-state index contributed by atoms with van der Waals surface area (Å²) in [6.07, 6.45) is 3.46. The third kappa shape index (κ3) is 2.78. The van der Waals surface area contributed by atoms with Crippen LogP contribution in [0.15, 0.2) is 59.7 Å². The fourth-order valence-electron chi connectivity index (χ4n) is 2.11. The summed E-state index contributed by atoms with van der Waals surface area (Å²) >= 11 is 6.08. The van der Waals surface area contributed by atoms with Gasteiger partial charge in [-0.25, -0.2) is 4.79 Å². The predicted molar refractivity (Wildman–Crippen MR) is 87.3 cm³/mol. The van der Waals surface area contributed by atoms with Crippen LogP contribution >= 0.6 is 11.6 Å². The smallest absolute Gasteiger partial charge is 0.332 e. The first-order valence-electron chi connectivity index (χ1n) is 6.83. The van der Waals surface area contributed by atoms with Crippen molar-refractivity contribution in [3.8, 4) is 17.2 Å². The summed E-state index contributed by atoms with van der Waals surface area (Å²) in [7, 11) is 1.72. The zero-order chi connectivity index (χ0) is 15.7. The molecule has 0 N–H and O–H groups in total. The van der Waals surface area contributed by atoms with Gasteiger partial charge in [-0.15, -0.1) is 0 Å². The molecular formula is C17H15ClN2O2. The molecule has 0 fully saturated rings. The van der Waals surface area contributed by atoms with Crippen molar-refractivity contribution in [2.24, 2.45) is 7.05 Å². The first-order valence-corrected chi connectivity index (χ1v) is 7.21. The number of hydrogen-bond acceptors (Lipinski definition) is 2. The lowest BCUT2D eigenvalue weighted by Crippen LogP contribution is -2.20. The van der Waals surface area contributed by atoms with Crippen LogP contribution in [-0.4, -0.2) is 9.13 Å². The van der Waals surface area contributed by atoms with E-state index in [2.05, 4.69) is 0 Å². The van der Waals surface area contributed by atoms with Gasteiger partial charge in [-0.05, 0) is 48.9 Å². The molecule has 0 saturated carbocycles. The summed E-state index contributed by atoms with van der Waals surface area (Å²) in [5.74, 6) is 1.37. The van der Waals surface area contributed by atoms with Crippen molar-refractivity contribution < 1.29 is 4.74 Å². The molecular weight excluding hydrogens is 300 g/mol. The minimum Gasteiger partial charge on any atom is -0.457 e. The molecule has 0 saturated heterocycles. The van der Waals surface area contributed by atoms with E-state index in [-0.39, 0.29) is 5.69 Å². The van der Waals surface area contributed by atoms with Gasteiger partial charge in [0.1, 0.15) is 11.5 Å². The average Bonchev–Trinajstić information content (AvgIpc) is 2.84. The maximum atomic E-state index is 11.9. The van der Waals surface area contributed by atoms with Gasteiger partial charge in [0.05, 0.1) is 5.69 Å². The minimum atomic E-state index is -0.0843. The Balaban J connectivity index is 1.84. The van der Waals surface area contributed by atoms with Crippen molar-refractivity contribution in [1.29, 1.82) is 0 Å². The Hall–Kier alpha value is -2.46. The van der Waals surface area contributed by atoms with Crippen molar-refractivity contribution in [3.05, 3.63) is 75.9 Å². The summed E-state index contributed by atoms with van der Waals surface area (Å²) in [6, 6.07) is 12.9. The number of ether oxygens (including phenoxy) is 1. The highest BCUT2D eigenvalue weighted by molar-refractivity contribution is 6.31. The van der Waals surface area contributed by atoms with Crippen molar-refractivity contribution in [3.63, 3.8) is 0 Å². The van der Waals surface area contributed by atoms with Crippen LogP contribution in [0.3, 0.4) is 0 Å². The summed E-state index contributed by atoms with van der Waals surface area (Å²) < 4.78 is 8.87. The van der Waals surface area contributed by atoms with Gasteiger partial charge in [0.2, 0.25) is 0 Å². The third-order valence-corrected chi connectivity index (χ3v) is 3.85. The van der Waals surface area contributed by atoms with Crippen molar-refractivity contribution in [2.75, 3.05) is 0 Å². The Bertz CT molecular complexity index is 863. The molecule has 112 valence electrons. The lowest BCUT2D eigenvalue weighted by Gasteiger charge is -2.08. The number of hydrogen-bond donors (Lipinski definition) is 0. The van der Waals surface area contributed by atoms with E-state index in [1.165, 1.54) is 4.57 Å². The number of nitrogens with zero attached hydrogens (tertiary/aromatic N) is 2. The Morgan fingerprint density at radius 1 is 1.00 bits per heavy atom. The van der Waals surface area contributed by atoms with Crippen LogP contribution in [0.4, 0.5) is 0 Å². The van der Waals surface area contributed by atoms with Gasteiger partial charge in [0, 0.05) is 24.5 Å². The van der Waals surface area contributed by atoms with Crippen molar-refractivity contribution in [1.82, 2.24) is 9.13 Å². The number of benzene rings is 2. The zero-order valence-electron chi connectivity index (χ0n) is 12.3. The molecule has 3 aromatic rings. The Kier molecular flexibility index (Phi) is 3.77. The van der Waals surface area contributed by atoms with Gasteiger partial charge in [-0.2, -0.15) is 0 Å². The van der Waals surface area contributed by atoms with E-state index in [0.29, 0.717) is 16.5 Å². The average molecular weight is 315 g/mol. The highest BCUT2D eigenvalue weighted by Gasteiger charge is 2.04. The van der Waals surface area contributed by atoms with Gasteiger partial charge in [-0.1, -0.05) is 17.7 Å². The minimum absolute atomic E-state index is 0.0843. The Labute approximate surface area is 133 Å². The van der Waals surface area contributed by atoms with Crippen LogP contribution < -0.4 is 10.4 Å². The molecule has 5 heteroatoms. The van der Waals surface area contributed by atoms with Crippen LogP contribution in [0.1, 0.15) is 5.56 Å². The molecule has 0 amide bonds. The molecule has 0 unspecified atom stereocenters. The molecule has 1 aromatic heterocycles. The lowest BCUT2D eigenvalue weighted by molar-refractivity contribution is 0.482. The van der Waals surface area contributed by atoms with E-state index in [4.69, 9.17) is 16.3 Å². The van der Waals surface area contributed by atoms with Gasteiger partial charge >= 0.3 is 5.69 Å². The van der Waals surface area contributed by atoms with Crippen LogP contribution in [0.2, 0.25) is 5.02 Å². The van der Waals surface area contributed by atoms with Crippen LogP contribution in [0.5, 0.6) is 11.5 Å². The largest absolute Gasteiger partial charge is 0.457 e. The van der Waals surface area contributed by atoms with Crippen LogP contribution in [0.25, 0.3) is 5.69 Å². The topological polar surface area (TPSA) is 36.2 Å². The molecule has 2 aromatic carbocycles. The molecule has 4 nitrogen and oxygen atoms in total. The molecule has 0 aliphatic heterocycles. The molecule has 0 aliphatic rings. The van der Waals surface area contributed by atoms with E-state index >= 15 is 0 Å². The maximum absolute atomic E-state index is 11.9. The van der Waals surface area contributed by atoms with Gasteiger partial charge in [-0.3, -0.25) is 4.57 Å². The molecule has 0 radical (unpaired) electrons. The second kappa shape index (κ2) is 5.73. The first-order chi connectivity index (χ1) is 10.5. The van der Waals surface area contributed by atoms with E-state index in [1.54, 1.807) is 30.1 Å². The summed E-state index contributed by atoms with van der Waals surface area (Å²) in [5, 5.41) is 0.671. The molecule has 0 bridgehead atoms. The number of imidazole rings is 1. The fourth-order valence-corrected chi connectivity index (χ4v) is 2.28. The second-order valence-corrected chi connectivity index (χ2v) is 5.48. The van der Waals surface area contributed by atoms with Crippen molar-refractivity contribution in [2.45, 2.75) is 6.92 Å². The summed E-state index contributed by atoms with van der Waals surface area (Å²) in [5.41, 5.74) is 1.71.